The van der Waals surface area contributed by atoms with Crippen LogP contribution in [-0.4, -0.2) is 29.4 Å². The van der Waals surface area contributed by atoms with Crippen molar-refractivity contribution >= 4 is 17.5 Å². The zero-order valence-corrected chi connectivity index (χ0v) is 14.2. The number of ether oxygens (including phenoxy) is 1. The molecule has 6 heteroatoms. The van der Waals surface area contributed by atoms with Crippen LogP contribution in [0.5, 0.6) is 5.75 Å². The van der Waals surface area contributed by atoms with Crippen LogP contribution in [0.15, 0.2) is 42.6 Å². The van der Waals surface area contributed by atoms with Crippen LogP contribution in [0.1, 0.15) is 41.6 Å². The Bertz CT molecular complexity index is 751. The number of methoxy groups -OCH3 is 1. The molecule has 0 saturated carbocycles. The van der Waals surface area contributed by atoms with E-state index < -0.39 is 5.91 Å². The minimum absolute atomic E-state index is 0.166. The number of hydrogen-bond donors (Lipinski definition) is 2. The topological polar surface area (TPSA) is 80.3 Å². The van der Waals surface area contributed by atoms with Gasteiger partial charge in [-0.1, -0.05) is 6.07 Å². The number of rotatable bonds is 4. The Kier molecular flexibility index (Phi) is 5.18. The molecule has 0 aliphatic rings. The molecule has 0 atom stereocenters. The number of carbonyl (C=O) groups excluding carboxylic acids is 2. The maximum atomic E-state index is 12.3. The van der Waals surface area contributed by atoms with Gasteiger partial charge < -0.3 is 15.4 Å². The molecule has 1 aromatic heterocycles. The number of pyridine rings is 1. The first-order chi connectivity index (χ1) is 11.3. The summed E-state index contributed by atoms with van der Waals surface area (Å²) < 4.78 is 5.12. The van der Waals surface area contributed by atoms with E-state index in [9.17, 15) is 9.59 Å². The predicted octanol–water partition coefficient (Wildman–Crippen LogP) is 2.87. The number of anilines is 1. The number of amides is 2. The van der Waals surface area contributed by atoms with Crippen LogP contribution in [0, 0.1) is 0 Å². The Hall–Kier alpha value is -2.89. The third-order valence-electron chi connectivity index (χ3n) is 3.07. The predicted molar refractivity (Wildman–Crippen MR) is 92.4 cm³/mol. The van der Waals surface area contributed by atoms with Crippen LogP contribution < -0.4 is 15.4 Å². The first-order valence-corrected chi connectivity index (χ1v) is 7.52. The molecule has 0 fully saturated rings. The van der Waals surface area contributed by atoms with E-state index in [1.807, 2.05) is 20.8 Å². The fourth-order valence-electron chi connectivity index (χ4n) is 2.00. The highest BCUT2D eigenvalue weighted by Crippen LogP contribution is 2.17. The highest BCUT2D eigenvalue weighted by Gasteiger charge is 2.17. The SMILES string of the molecule is COc1cccc(NC(=O)c2cc(C(=O)NC(C)(C)C)ccn2)c1. The van der Waals surface area contributed by atoms with Crippen LogP contribution in [0.2, 0.25) is 0 Å². The van der Waals surface area contributed by atoms with Crippen molar-refractivity contribution < 1.29 is 14.3 Å². The first kappa shape index (κ1) is 17.5. The second-order valence-corrected chi connectivity index (χ2v) is 6.32. The Labute approximate surface area is 141 Å². The minimum Gasteiger partial charge on any atom is -0.497 e. The molecule has 6 nitrogen and oxygen atoms in total. The van der Waals surface area contributed by atoms with Gasteiger partial charge in [-0.2, -0.15) is 0 Å². The summed E-state index contributed by atoms with van der Waals surface area (Å²) >= 11 is 0. The van der Waals surface area contributed by atoms with Gasteiger partial charge in [0.05, 0.1) is 7.11 Å². The Morgan fingerprint density at radius 3 is 2.50 bits per heavy atom. The van der Waals surface area contributed by atoms with Gasteiger partial charge in [-0.25, -0.2) is 0 Å². The summed E-state index contributed by atoms with van der Waals surface area (Å²) in [5.41, 5.74) is 0.782. The quantitative estimate of drug-likeness (QED) is 0.905. The van der Waals surface area contributed by atoms with Crippen LogP contribution in [0.3, 0.4) is 0 Å². The zero-order valence-electron chi connectivity index (χ0n) is 14.2. The average Bonchev–Trinajstić information content (AvgIpc) is 2.53. The molecule has 0 spiro atoms. The third kappa shape index (κ3) is 4.81. The normalized spacial score (nSPS) is 10.8. The molecular weight excluding hydrogens is 306 g/mol. The number of nitrogens with zero attached hydrogens (tertiary/aromatic N) is 1. The summed E-state index contributed by atoms with van der Waals surface area (Å²) in [4.78, 5) is 28.6. The second-order valence-electron chi connectivity index (χ2n) is 6.32. The van der Waals surface area contributed by atoms with Crippen LogP contribution >= 0.6 is 0 Å². The van der Waals surface area contributed by atoms with Crippen LogP contribution in [-0.2, 0) is 0 Å². The van der Waals surface area contributed by atoms with Gasteiger partial charge in [-0.05, 0) is 45.0 Å². The van der Waals surface area contributed by atoms with E-state index in [0.717, 1.165) is 0 Å². The lowest BCUT2D eigenvalue weighted by atomic mass is 10.1. The molecule has 1 heterocycles. The summed E-state index contributed by atoms with van der Waals surface area (Å²) in [5, 5.41) is 5.59. The van der Waals surface area contributed by atoms with Crippen molar-refractivity contribution in [2.75, 3.05) is 12.4 Å². The first-order valence-electron chi connectivity index (χ1n) is 7.52. The van der Waals surface area contributed by atoms with Crippen molar-refractivity contribution in [1.29, 1.82) is 0 Å². The molecule has 0 radical (unpaired) electrons. The fourth-order valence-corrected chi connectivity index (χ4v) is 2.00. The largest absolute Gasteiger partial charge is 0.497 e. The van der Waals surface area contributed by atoms with E-state index >= 15 is 0 Å². The second kappa shape index (κ2) is 7.12. The van der Waals surface area contributed by atoms with E-state index in [4.69, 9.17) is 4.74 Å². The molecular formula is C18H21N3O3. The van der Waals surface area contributed by atoms with Crippen molar-refractivity contribution in [3.8, 4) is 5.75 Å². The lowest BCUT2D eigenvalue weighted by Crippen LogP contribution is -2.40. The summed E-state index contributed by atoms with van der Waals surface area (Å²) in [6.45, 7) is 5.67. The molecule has 24 heavy (non-hydrogen) atoms. The van der Waals surface area contributed by atoms with Crippen LogP contribution in [0.4, 0.5) is 5.69 Å². The molecule has 0 aliphatic heterocycles. The summed E-state index contributed by atoms with van der Waals surface area (Å²) in [5.74, 6) is -0.00643. The molecule has 0 unspecified atom stereocenters. The van der Waals surface area contributed by atoms with Crippen molar-refractivity contribution in [2.24, 2.45) is 0 Å². The van der Waals surface area contributed by atoms with E-state index in [2.05, 4.69) is 15.6 Å². The molecule has 2 amide bonds. The molecule has 0 aliphatic carbocycles. The maximum Gasteiger partial charge on any atom is 0.274 e. The number of aromatic nitrogens is 1. The third-order valence-corrected chi connectivity index (χ3v) is 3.07. The Morgan fingerprint density at radius 2 is 1.83 bits per heavy atom. The van der Waals surface area contributed by atoms with E-state index in [1.54, 1.807) is 37.4 Å². The number of nitrogens with one attached hydrogen (secondary N) is 2. The molecule has 0 bridgehead atoms. The summed E-state index contributed by atoms with van der Waals surface area (Å²) in [7, 11) is 1.56. The molecule has 2 aromatic rings. The van der Waals surface area contributed by atoms with Gasteiger partial charge in [0, 0.05) is 29.1 Å². The van der Waals surface area contributed by atoms with Gasteiger partial charge in [0.1, 0.15) is 11.4 Å². The molecule has 126 valence electrons. The summed E-state index contributed by atoms with van der Waals surface area (Å²) in [6.07, 6.45) is 1.44. The highest BCUT2D eigenvalue weighted by molar-refractivity contribution is 6.04. The number of benzene rings is 1. The van der Waals surface area contributed by atoms with Gasteiger partial charge in [0.15, 0.2) is 0 Å². The molecule has 0 saturated heterocycles. The van der Waals surface area contributed by atoms with Gasteiger partial charge in [0.2, 0.25) is 0 Å². The van der Waals surface area contributed by atoms with Crippen molar-refractivity contribution in [2.45, 2.75) is 26.3 Å². The van der Waals surface area contributed by atoms with Crippen LogP contribution in [0.25, 0.3) is 0 Å². The smallest absolute Gasteiger partial charge is 0.274 e. The Balaban J connectivity index is 2.15. The van der Waals surface area contributed by atoms with Gasteiger partial charge in [-0.3, -0.25) is 14.6 Å². The zero-order chi connectivity index (χ0) is 17.7. The highest BCUT2D eigenvalue weighted by atomic mass is 16.5. The van der Waals surface area contributed by atoms with E-state index in [-0.39, 0.29) is 17.1 Å². The Morgan fingerprint density at radius 1 is 1.08 bits per heavy atom. The lowest BCUT2D eigenvalue weighted by molar-refractivity contribution is 0.0919. The fraction of sp³-hybridized carbons (Fsp3) is 0.278. The van der Waals surface area contributed by atoms with E-state index in [0.29, 0.717) is 17.0 Å². The van der Waals surface area contributed by atoms with Gasteiger partial charge in [0.25, 0.3) is 11.8 Å². The standard InChI is InChI=1S/C18H21N3O3/c1-18(2,3)21-16(22)12-8-9-19-15(10-12)17(23)20-13-6-5-7-14(11-13)24-4/h5-11H,1-4H3,(H,20,23)(H,21,22). The molecule has 2 N–H and O–H groups in total. The minimum atomic E-state index is -0.395. The van der Waals surface area contributed by atoms with Crippen molar-refractivity contribution in [3.05, 3.63) is 53.9 Å². The number of carbonyl (C=O) groups is 2. The molecule has 1 aromatic carbocycles. The lowest BCUT2D eigenvalue weighted by Gasteiger charge is -2.20. The van der Waals surface area contributed by atoms with Gasteiger partial charge in [-0.15, -0.1) is 0 Å². The summed E-state index contributed by atoms with van der Waals surface area (Å²) in [6, 6.07) is 10.0. The van der Waals surface area contributed by atoms with E-state index in [1.165, 1.54) is 12.3 Å². The van der Waals surface area contributed by atoms with Crippen molar-refractivity contribution in [3.63, 3.8) is 0 Å². The van der Waals surface area contributed by atoms with Crippen molar-refractivity contribution in [1.82, 2.24) is 10.3 Å². The number of hydrogen-bond acceptors (Lipinski definition) is 4. The monoisotopic (exact) mass is 327 g/mol. The van der Waals surface area contributed by atoms with Gasteiger partial charge >= 0.3 is 0 Å². The average molecular weight is 327 g/mol. The molecule has 2 rings (SSSR count). The maximum absolute atomic E-state index is 12.3.